The Morgan fingerprint density at radius 2 is 2.14 bits per heavy atom. The molecule has 1 aromatic rings. The molecule has 0 unspecified atom stereocenters. The highest BCUT2D eigenvalue weighted by Crippen LogP contribution is 2.30. The Balaban J connectivity index is 2.59. The summed E-state index contributed by atoms with van der Waals surface area (Å²) in [6.45, 7) is 5.46. The Hall–Kier alpha value is -2.75. The average molecular weight is 295 g/mol. The molecule has 0 saturated carbocycles. The Morgan fingerprint density at radius 1 is 1.41 bits per heavy atom. The lowest BCUT2D eigenvalue weighted by atomic mass is 9.87. The molecule has 0 saturated heterocycles. The number of benzene rings is 1. The Kier molecular flexibility index (Phi) is 4.51. The van der Waals surface area contributed by atoms with E-state index >= 15 is 0 Å². The van der Waals surface area contributed by atoms with Crippen LogP contribution < -0.4 is 5.73 Å². The Morgan fingerprint density at radius 3 is 2.77 bits per heavy atom. The van der Waals surface area contributed by atoms with Crippen LogP contribution >= 0.6 is 0 Å². The highest BCUT2D eigenvalue weighted by atomic mass is 19.1. The molecule has 4 N–H and O–H groups in total. The van der Waals surface area contributed by atoms with Crippen molar-refractivity contribution in [2.24, 2.45) is 5.73 Å². The normalized spacial score (nSPS) is 16.3. The van der Waals surface area contributed by atoms with E-state index < -0.39 is 0 Å². The van der Waals surface area contributed by atoms with E-state index in [1.165, 1.54) is 12.1 Å². The second-order valence-corrected chi connectivity index (χ2v) is 4.89. The molecule has 0 amide bonds. The maximum Gasteiger partial charge on any atom is 0.131 e. The first-order valence-electron chi connectivity index (χ1n) is 6.97. The van der Waals surface area contributed by atoms with E-state index in [2.05, 4.69) is 6.58 Å². The molecule has 3 nitrogen and oxygen atoms in total. The summed E-state index contributed by atoms with van der Waals surface area (Å²) in [6.07, 6.45) is 7.07. The number of nitrogens with two attached hydrogens (primary N) is 1. The van der Waals surface area contributed by atoms with Gasteiger partial charge in [0.2, 0.25) is 0 Å². The van der Waals surface area contributed by atoms with Crippen LogP contribution in [0.1, 0.15) is 18.1 Å². The van der Waals surface area contributed by atoms with Crippen molar-refractivity contribution < 1.29 is 4.39 Å². The molecule has 0 aromatic heterocycles. The summed E-state index contributed by atoms with van der Waals surface area (Å²) in [5.74, 6) is -0.359. The maximum absolute atomic E-state index is 14.3. The van der Waals surface area contributed by atoms with Crippen molar-refractivity contribution in [1.29, 1.82) is 10.8 Å². The zero-order valence-electron chi connectivity index (χ0n) is 12.4. The van der Waals surface area contributed by atoms with Crippen molar-refractivity contribution in [2.45, 2.75) is 13.3 Å². The SMILES string of the molecule is C=CC(=N)/C(N)=C1/C=CC=C(c2c(F)cccc2CC)C1=N. The van der Waals surface area contributed by atoms with Crippen LogP contribution in [0.15, 0.2) is 60.4 Å². The van der Waals surface area contributed by atoms with Crippen LogP contribution in [0, 0.1) is 16.6 Å². The fourth-order valence-electron chi connectivity index (χ4n) is 2.41. The van der Waals surface area contributed by atoms with E-state index in [-0.39, 0.29) is 22.9 Å². The number of hydrogen-bond donors (Lipinski definition) is 3. The fraction of sp³-hybridized carbons (Fsp3) is 0.111. The lowest BCUT2D eigenvalue weighted by molar-refractivity contribution is 0.622. The molecule has 22 heavy (non-hydrogen) atoms. The van der Waals surface area contributed by atoms with Gasteiger partial charge in [-0.25, -0.2) is 4.39 Å². The third-order valence-corrected chi connectivity index (χ3v) is 3.60. The number of aryl methyl sites for hydroxylation is 1. The van der Waals surface area contributed by atoms with Gasteiger partial charge in [0.15, 0.2) is 0 Å². The Labute approximate surface area is 129 Å². The van der Waals surface area contributed by atoms with Crippen LogP contribution in [0.25, 0.3) is 5.57 Å². The summed E-state index contributed by atoms with van der Waals surface area (Å²) in [6, 6.07) is 4.90. The first kappa shape index (κ1) is 15.6. The van der Waals surface area contributed by atoms with Gasteiger partial charge in [0.05, 0.1) is 17.1 Å². The molecular formula is C18H18FN3. The molecule has 0 spiro atoms. The van der Waals surface area contributed by atoms with Crippen molar-refractivity contribution in [2.75, 3.05) is 0 Å². The molecule has 1 aliphatic rings. The highest BCUT2D eigenvalue weighted by Gasteiger charge is 2.21. The van der Waals surface area contributed by atoms with E-state index in [1.54, 1.807) is 24.3 Å². The van der Waals surface area contributed by atoms with Crippen LogP contribution in [0.3, 0.4) is 0 Å². The third-order valence-electron chi connectivity index (χ3n) is 3.60. The van der Waals surface area contributed by atoms with Gasteiger partial charge in [-0.2, -0.15) is 0 Å². The average Bonchev–Trinajstić information content (AvgIpc) is 2.53. The molecule has 4 heteroatoms. The summed E-state index contributed by atoms with van der Waals surface area (Å²) in [5.41, 5.74) is 8.39. The van der Waals surface area contributed by atoms with Crippen LogP contribution in [0.2, 0.25) is 0 Å². The van der Waals surface area contributed by atoms with Gasteiger partial charge < -0.3 is 5.73 Å². The zero-order valence-corrected chi connectivity index (χ0v) is 12.4. The standard InChI is InChI=1S/C18H18FN3/c1-3-11-7-5-10-14(19)16(11)12-8-6-9-13(17(12)21)18(22)15(20)4-2/h4-10,20-21H,2-3,22H2,1H3/b18-13+,20-15?,21-17?. The summed E-state index contributed by atoms with van der Waals surface area (Å²) in [7, 11) is 0. The summed E-state index contributed by atoms with van der Waals surface area (Å²) in [4.78, 5) is 0. The summed E-state index contributed by atoms with van der Waals surface area (Å²) >= 11 is 0. The van der Waals surface area contributed by atoms with Crippen molar-refractivity contribution in [3.63, 3.8) is 0 Å². The van der Waals surface area contributed by atoms with Crippen LogP contribution in [0.5, 0.6) is 0 Å². The Bertz CT molecular complexity index is 752. The predicted molar refractivity (Wildman–Crippen MR) is 89.8 cm³/mol. The summed E-state index contributed by atoms with van der Waals surface area (Å²) in [5, 5.41) is 16.1. The molecule has 1 aliphatic carbocycles. The smallest absolute Gasteiger partial charge is 0.131 e. The van der Waals surface area contributed by atoms with E-state index in [0.717, 1.165) is 5.56 Å². The number of hydrogen-bond acceptors (Lipinski definition) is 3. The quantitative estimate of drug-likeness (QED) is 0.727. The van der Waals surface area contributed by atoms with Crippen molar-refractivity contribution in [1.82, 2.24) is 0 Å². The van der Waals surface area contributed by atoms with Gasteiger partial charge >= 0.3 is 0 Å². The number of halogens is 1. The van der Waals surface area contributed by atoms with E-state index in [9.17, 15) is 4.39 Å². The summed E-state index contributed by atoms with van der Waals surface area (Å²) < 4.78 is 14.3. The second kappa shape index (κ2) is 6.35. The lowest BCUT2D eigenvalue weighted by Crippen LogP contribution is -2.18. The molecule has 0 fully saturated rings. The molecule has 0 aliphatic heterocycles. The minimum absolute atomic E-state index is 0.0508. The molecule has 0 heterocycles. The topological polar surface area (TPSA) is 73.7 Å². The van der Waals surface area contributed by atoms with Crippen molar-refractivity contribution in [3.8, 4) is 0 Å². The monoisotopic (exact) mass is 295 g/mol. The van der Waals surface area contributed by atoms with Crippen LogP contribution in [-0.2, 0) is 6.42 Å². The minimum Gasteiger partial charge on any atom is -0.396 e. The minimum atomic E-state index is -0.359. The zero-order chi connectivity index (χ0) is 16.3. The van der Waals surface area contributed by atoms with Crippen molar-refractivity contribution in [3.05, 3.63) is 77.3 Å². The molecule has 1 aromatic carbocycles. The highest BCUT2D eigenvalue weighted by molar-refractivity contribution is 6.34. The largest absolute Gasteiger partial charge is 0.396 e. The first-order chi connectivity index (χ1) is 10.5. The van der Waals surface area contributed by atoms with Gasteiger partial charge in [-0.1, -0.05) is 43.9 Å². The van der Waals surface area contributed by atoms with Gasteiger partial charge in [0, 0.05) is 16.7 Å². The number of nitrogens with one attached hydrogen (secondary N) is 2. The molecule has 0 bridgehead atoms. The molecule has 0 atom stereocenters. The fourth-order valence-corrected chi connectivity index (χ4v) is 2.41. The van der Waals surface area contributed by atoms with E-state index in [1.807, 2.05) is 13.0 Å². The van der Waals surface area contributed by atoms with Gasteiger partial charge in [-0.05, 0) is 24.1 Å². The maximum atomic E-state index is 14.3. The van der Waals surface area contributed by atoms with E-state index in [0.29, 0.717) is 23.1 Å². The van der Waals surface area contributed by atoms with Gasteiger partial charge in [-0.3, -0.25) is 10.8 Å². The predicted octanol–water partition coefficient (Wildman–Crippen LogP) is 3.78. The van der Waals surface area contributed by atoms with E-state index in [4.69, 9.17) is 16.6 Å². The molecular weight excluding hydrogens is 277 g/mol. The number of allylic oxidation sites excluding steroid dienone is 6. The molecule has 2 rings (SSSR count). The van der Waals surface area contributed by atoms with Gasteiger partial charge in [-0.15, -0.1) is 0 Å². The third kappa shape index (κ3) is 2.68. The number of rotatable bonds is 4. The van der Waals surface area contributed by atoms with Gasteiger partial charge in [0.1, 0.15) is 5.82 Å². The molecule has 0 radical (unpaired) electrons. The van der Waals surface area contributed by atoms with Crippen LogP contribution in [-0.4, -0.2) is 11.4 Å². The van der Waals surface area contributed by atoms with Crippen molar-refractivity contribution >= 4 is 17.0 Å². The van der Waals surface area contributed by atoms with Gasteiger partial charge in [0.25, 0.3) is 0 Å². The first-order valence-corrected chi connectivity index (χ1v) is 6.97. The lowest BCUT2D eigenvalue weighted by Gasteiger charge is -2.19. The second-order valence-electron chi connectivity index (χ2n) is 4.89. The van der Waals surface area contributed by atoms with Crippen LogP contribution in [0.4, 0.5) is 4.39 Å². The molecule has 112 valence electrons.